The predicted molar refractivity (Wildman–Crippen MR) is 51.2 cm³/mol. The van der Waals surface area contributed by atoms with Crippen LogP contribution in [-0.2, 0) is 7.05 Å². The van der Waals surface area contributed by atoms with Crippen LogP contribution in [0.4, 0.5) is 0 Å². The van der Waals surface area contributed by atoms with E-state index >= 15 is 0 Å². The Kier molecular flexibility index (Phi) is 1.80. The maximum Gasteiger partial charge on any atom is 0.369 e. The van der Waals surface area contributed by atoms with E-state index in [0.717, 1.165) is 11.4 Å². The molecule has 0 bridgehead atoms. The zero-order chi connectivity index (χ0) is 10.3. The fourth-order valence-electron chi connectivity index (χ4n) is 1.34. The molecule has 0 unspecified atom stereocenters. The van der Waals surface area contributed by atoms with Gasteiger partial charge < -0.3 is 4.57 Å². The second-order valence-corrected chi connectivity index (χ2v) is 3.20. The topological polar surface area (TPSA) is 60.7 Å². The van der Waals surface area contributed by atoms with Crippen LogP contribution in [0, 0.1) is 13.8 Å². The number of rotatable bonds is 0. The highest BCUT2D eigenvalue weighted by Gasteiger charge is 2.12. The van der Waals surface area contributed by atoms with Crippen LogP contribution in [0.3, 0.4) is 0 Å². The molecule has 0 amide bonds. The lowest BCUT2D eigenvalue weighted by atomic mass is 10.3. The first kappa shape index (κ1) is 8.80. The van der Waals surface area contributed by atoms with E-state index in [9.17, 15) is 4.79 Å². The summed E-state index contributed by atoms with van der Waals surface area (Å²) in [6.07, 6.45) is 1.46. The van der Waals surface area contributed by atoms with Gasteiger partial charge in [0.1, 0.15) is 5.69 Å². The summed E-state index contributed by atoms with van der Waals surface area (Å²) < 4.78 is 1.85. The Hall–Kier alpha value is -1.78. The normalized spacial score (nSPS) is 10.8. The lowest BCUT2D eigenvalue weighted by Gasteiger charge is -2.13. The van der Waals surface area contributed by atoms with E-state index in [1.54, 1.807) is 0 Å². The van der Waals surface area contributed by atoms with E-state index < -0.39 is 5.69 Å². The predicted octanol–water partition coefficient (Wildman–Crippen LogP) is 0.292. The van der Waals surface area contributed by atoms with E-state index in [1.807, 2.05) is 25.5 Å². The molecule has 0 saturated heterocycles. The van der Waals surface area contributed by atoms with Gasteiger partial charge in [-0.1, -0.05) is 0 Å². The number of aryl methyl sites for hydroxylation is 1. The summed E-state index contributed by atoms with van der Waals surface area (Å²) in [5, 5.41) is 0. The highest BCUT2D eigenvalue weighted by atomic mass is 16.1. The molecule has 72 valence electrons. The first-order valence-electron chi connectivity index (χ1n) is 4.26. The average Bonchev–Trinajstić information content (AvgIpc) is 2.16. The molecule has 0 radical (unpaired) electrons. The lowest BCUT2D eigenvalue weighted by Crippen LogP contribution is -2.18. The van der Waals surface area contributed by atoms with Gasteiger partial charge in [0.25, 0.3) is 0 Å². The first-order chi connectivity index (χ1) is 6.59. The summed E-state index contributed by atoms with van der Waals surface area (Å²) in [7, 11) is 1.86. The highest BCUT2D eigenvalue weighted by molar-refractivity contribution is 5.50. The van der Waals surface area contributed by atoms with Crippen LogP contribution in [0.5, 0.6) is 0 Å². The smallest absolute Gasteiger partial charge is 0.330 e. The van der Waals surface area contributed by atoms with Crippen molar-refractivity contribution in [2.24, 2.45) is 7.05 Å². The Labute approximate surface area is 80.8 Å². The quantitative estimate of drug-likeness (QED) is 0.599. The monoisotopic (exact) mass is 190 g/mol. The Balaban J connectivity index is 2.92. The Bertz CT molecular complexity index is 517. The number of hydrogen-bond acceptors (Lipinski definition) is 4. The van der Waals surface area contributed by atoms with Gasteiger partial charge in [0.2, 0.25) is 0 Å². The molecule has 5 heteroatoms. The standard InChI is InChI=1S/C9H10N4O/c1-5-6(2)13(3)8-7(11-5)4-10-9(14)12-8/h4H,1-3H3. The molecule has 0 aliphatic carbocycles. The Morgan fingerprint density at radius 1 is 1.29 bits per heavy atom. The molecular weight excluding hydrogens is 180 g/mol. The molecule has 0 atom stereocenters. The second kappa shape index (κ2) is 2.87. The number of hydrogen-bond donors (Lipinski definition) is 0. The molecule has 2 aliphatic rings. The van der Waals surface area contributed by atoms with Gasteiger partial charge in [0.05, 0.1) is 11.9 Å². The van der Waals surface area contributed by atoms with Crippen molar-refractivity contribution in [3.05, 3.63) is 28.1 Å². The van der Waals surface area contributed by atoms with Gasteiger partial charge >= 0.3 is 5.69 Å². The summed E-state index contributed by atoms with van der Waals surface area (Å²) in [5.41, 5.74) is 2.09. The maximum atomic E-state index is 11.0. The molecule has 0 aromatic heterocycles. The molecule has 0 fully saturated rings. The molecule has 2 rings (SSSR count). The average molecular weight is 190 g/mol. The third-order valence-corrected chi connectivity index (χ3v) is 2.36. The largest absolute Gasteiger partial charge is 0.369 e. The summed E-state index contributed by atoms with van der Waals surface area (Å²) in [6, 6.07) is 0. The molecule has 2 heterocycles. The second-order valence-electron chi connectivity index (χ2n) is 3.20. The first-order valence-corrected chi connectivity index (χ1v) is 4.26. The van der Waals surface area contributed by atoms with Crippen molar-refractivity contribution in [2.75, 3.05) is 0 Å². The molecule has 2 aliphatic heterocycles. The number of fused-ring (bicyclic) bond motifs is 1. The molecule has 0 spiro atoms. The van der Waals surface area contributed by atoms with Crippen molar-refractivity contribution in [3.63, 3.8) is 0 Å². The summed E-state index contributed by atoms with van der Waals surface area (Å²) >= 11 is 0. The van der Waals surface area contributed by atoms with Gasteiger partial charge in [-0.2, -0.15) is 9.97 Å². The van der Waals surface area contributed by atoms with Crippen LogP contribution in [0.25, 0.3) is 11.5 Å². The van der Waals surface area contributed by atoms with Crippen LogP contribution in [0.15, 0.2) is 11.0 Å². The molecule has 5 nitrogen and oxygen atoms in total. The van der Waals surface area contributed by atoms with E-state index in [2.05, 4.69) is 15.0 Å². The van der Waals surface area contributed by atoms with Crippen molar-refractivity contribution < 1.29 is 0 Å². The van der Waals surface area contributed by atoms with Crippen LogP contribution in [0.2, 0.25) is 0 Å². The minimum absolute atomic E-state index is 0.474. The van der Waals surface area contributed by atoms with Gasteiger partial charge in [0, 0.05) is 12.7 Å². The van der Waals surface area contributed by atoms with Gasteiger partial charge in [-0.15, -0.1) is 0 Å². The number of aromatic nitrogens is 4. The maximum absolute atomic E-state index is 11.0. The van der Waals surface area contributed by atoms with Crippen molar-refractivity contribution in [1.82, 2.24) is 19.5 Å². The Morgan fingerprint density at radius 3 is 2.71 bits per heavy atom. The van der Waals surface area contributed by atoms with E-state index in [4.69, 9.17) is 0 Å². The fourth-order valence-corrected chi connectivity index (χ4v) is 1.34. The van der Waals surface area contributed by atoms with E-state index in [1.165, 1.54) is 6.20 Å². The molecule has 14 heavy (non-hydrogen) atoms. The van der Waals surface area contributed by atoms with Gasteiger partial charge in [-0.25, -0.2) is 9.78 Å². The summed E-state index contributed by atoms with van der Waals surface area (Å²) in [4.78, 5) is 22.6. The minimum atomic E-state index is -0.474. The SMILES string of the molecule is Cc1nc2cnc(=O)nc-2n(C)c1C. The highest BCUT2D eigenvalue weighted by Crippen LogP contribution is 2.16. The van der Waals surface area contributed by atoms with Gasteiger partial charge in [0.15, 0.2) is 5.82 Å². The third kappa shape index (κ3) is 1.17. The molecule has 0 aromatic carbocycles. The minimum Gasteiger partial charge on any atom is -0.330 e. The molecule has 0 saturated carbocycles. The van der Waals surface area contributed by atoms with Gasteiger partial charge in [-0.05, 0) is 13.8 Å². The van der Waals surface area contributed by atoms with Crippen LogP contribution >= 0.6 is 0 Å². The summed E-state index contributed by atoms with van der Waals surface area (Å²) in [5.74, 6) is 0.577. The van der Waals surface area contributed by atoms with Crippen LogP contribution < -0.4 is 5.69 Å². The number of nitrogens with zero attached hydrogens (tertiary/aromatic N) is 4. The van der Waals surface area contributed by atoms with E-state index in [-0.39, 0.29) is 0 Å². The van der Waals surface area contributed by atoms with Crippen LogP contribution in [0.1, 0.15) is 11.4 Å². The van der Waals surface area contributed by atoms with Crippen LogP contribution in [-0.4, -0.2) is 19.5 Å². The summed E-state index contributed by atoms with van der Waals surface area (Å²) in [6.45, 7) is 3.86. The Morgan fingerprint density at radius 2 is 2.00 bits per heavy atom. The van der Waals surface area contributed by atoms with Crippen molar-refractivity contribution in [1.29, 1.82) is 0 Å². The zero-order valence-electron chi connectivity index (χ0n) is 8.27. The molecule has 0 N–H and O–H groups in total. The van der Waals surface area contributed by atoms with E-state index in [0.29, 0.717) is 11.5 Å². The zero-order valence-corrected chi connectivity index (χ0v) is 8.27. The lowest BCUT2D eigenvalue weighted by molar-refractivity contribution is 0.790. The molecule has 0 aromatic rings. The van der Waals surface area contributed by atoms with Gasteiger partial charge in [-0.3, -0.25) is 0 Å². The fraction of sp³-hybridized carbons (Fsp3) is 0.333. The molecular formula is C9H10N4O. The van der Waals surface area contributed by atoms with Crippen molar-refractivity contribution in [3.8, 4) is 11.5 Å². The third-order valence-electron chi connectivity index (χ3n) is 2.36. The van der Waals surface area contributed by atoms with Crippen molar-refractivity contribution >= 4 is 0 Å². The van der Waals surface area contributed by atoms with Crippen molar-refractivity contribution in [2.45, 2.75) is 13.8 Å².